The topological polar surface area (TPSA) is 78.0 Å². The summed E-state index contributed by atoms with van der Waals surface area (Å²) in [6.07, 6.45) is 2.74. The zero-order chi connectivity index (χ0) is 22.5. The van der Waals surface area contributed by atoms with Crippen LogP contribution in [0.5, 0.6) is 23.0 Å². The third kappa shape index (κ3) is 4.55. The van der Waals surface area contributed by atoms with Gasteiger partial charge in [-0.05, 0) is 18.2 Å². The van der Waals surface area contributed by atoms with Gasteiger partial charge in [-0.2, -0.15) is 0 Å². The number of anilines is 2. The molecule has 0 aliphatic carbocycles. The van der Waals surface area contributed by atoms with Crippen LogP contribution in [0.4, 0.5) is 11.6 Å². The minimum atomic E-state index is 0.551. The first-order valence-electron chi connectivity index (χ1n) is 10.4. The van der Waals surface area contributed by atoms with Crippen LogP contribution in [0.15, 0.2) is 42.6 Å². The summed E-state index contributed by atoms with van der Waals surface area (Å²) in [6, 6.07) is 11.6. The maximum absolute atomic E-state index is 5.58. The minimum Gasteiger partial charge on any atom is -0.497 e. The van der Waals surface area contributed by atoms with Crippen LogP contribution in [0.2, 0.25) is 0 Å². The largest absolute Gasteiger partial charge is 0.497 e. The number of fused-ring (bicyclic) bond motifs is 1. The molecule has 0 bridgehead atoms. The number of hydrogen-bond donors (Lipinski definition) is 1. The van der Waals surface area contributed by atoms with Gasteiger partial charge in [-0.1, -0.05) is 12.1 Å². The molecule has 32 heavy (non-hydrogen) atoms. The maximum Gasteiger partial charge on any atom is 0.227 e. The van der Waals surface area contributed by atoms with Crippen molar-refractivity contribution in [2.75, 3.05) is 40.3 Å². The predicted octanol–water partition coefficient (Wildman–Crippen LogP) is 3.81. The summed E-state index contributed by atoms with van der Waals surface area (Å²) < 4.78 is 21.7. The molecule has 2 heterocycles. The average Bonchev–Trinajstić information content (AvgIpc) is 2.84. The molecule has 168 valence electrons. The zero-order valence-electron chi connectivity index (χ0n) is 18.8. The standard InChI is InChI=1S/C24H28N4O4/c1-29-18-8-9-20(22(12-18)31-3)27-24-25-13-17-15-28(11-10-19(17)26-24)14-16-6-5-7-21(30-2)23(16)32-4/h5-9,12-13H,10-11,14-15H2,1-4H3,(H,25,26,27). The Morgan fingerprint density at radius 2 is 1.81 bits per heavy atom. The molecule has 2 aromatic carbocycles. The van der Waals surface area contributed by atoms with Crippen molar-refractivity contribution in [3.8, 4) is 23.0 Å². The molecule has 3 aromatic rings. The van der Waals surface area contributed by atoms with Crippen LogP contribution in [0.1, 0.15) is 16.8 Å². The number of rotatable bonds is 8. The van der Waals surface area contributed by atoms with Crippen LogP contribution in [-0.2, 0) is 19.5 Å². The fourth-order valence-electron chi connectivity index (χ4n) is 3.91. The Morgan fingerprint density at radius 1 is 0.969 bits per heavy atom. The van der Waals surface area contributed by atoms with Crippen molar-refractivity contribution in [3.05, 3.63) is 59.4 Å². The first-order chi connectivity index (χ1) is 15.6. The number of nitrogens with zero attached hydrogens (tertiary/aromatic N) is 3. The van der Waals surface area contributed by atoms with Gasteiger partial charge in [-0.25, -0.2) is 9.97 Å². The van der Waals surface area contributed by atoms with Crippen molar-refractivity contribution in [3.63, 3.8) is 0 Å². The third-order valence-corrected chi connectivity index (χ3v) is 5.55. The summed E-state index contributed by atoms with van der Waals surface area (Å²) in [5.74, 6) is 3.48. The number of ether oxygens (including phenoxy) is 4. The van der Waals surface area contributed by atoms with Crippen LogP contribution in [0.25, 0.3) is 0 Å². The summed E-state index contributed by atoms with van der Waals surface area (Å²) in [7, 11) is 6.58. The fraction of sp³-hybridized carbons (Fsp3) is 0.333. The second-order valence-corrected chi connectivity index (χ2v) is 7.47. The lowest BCUT2D eigenvalue weighted by Crippen LogP contribution is -2.31. The molecule has 0 spiro atoms. The molecule has 1 aliphatic heterocycles. The van der Waals surface area contributed by atoms with Gasteiger partial charge in [0.1, 0.15) is 11.5 Å². The number of aromatic nitrogens is 2. The number of benzene rings is 2. The van der Waals surface area contributed by atoms with E-state index in [-0.39, 0.29) is 0 Å². The van der Waals surface area contributed by atoms with Crippen molar-refractivity contribution >= 4 is 11.6 Å². The Bertz CT molecular complexity index is 1090. The minimum absolute atomic E-state index is 0.551. The first-order valence-corrected chi connectivity index (χ1v) is 10.4. The van der Waals surface area contributed by atoms with Gasteiger partial charge < -0.3 is 24.3 Å². The summed E-state index contributed by atoms with van der Waals surface area (Å²) in [5.41, 5.74) is 4.08. The molecule has 0 fully saturated rings. The van der Waals surface area contributed by atoms with E-state index in [0.29, 0.717) is 11.7 Å². The molecule has 0 radical (unpaired) electrons. The molecule has 0 unspecified atom stereocenters. The molecular formula is C24H28N4O4. The van der Waals surface area contributed by atoms with Crippen molar-refractivity contribution in [1.82, 2.24) is 14.9 Å². The number of para-hydroxylation sites is 1. The van der Waals surface area contributed by atoms with Crippen molar-refractivity contribution in [1.29, 1.82) is 0 Å². The molecular weight excluding hydrogens is 408 g/mol. The molecule has 0 amide bonds. The van der Waals surface area contributed by atoms with Gasteiger partial charge in [0.2, 0.25) is 5.95 Å². The molecule has 1 aromatic heterocycles. The van der Waals surface area contributed by atoms with E-state index in [1.165, 1.54) is 0 Å². The van der Waals surface area contributed by atoms with Gasteiger partial charge in [0.25, 0.3) is 0 Å². The van der Waals surface area contributed by atoms with E-state index < -0.39 is 0 Å². The van der Waals surface area contributed by atoms with E-state index in [1.54, 1.807) is 28.4 Å². The van der Waals surface area contributed by atoms with Crippen molar-refractivity contribution in [2.24, 2.45) is 0 Å². The Labute approximate surface area is 188 Å². The summed E-state index contributed by atoms with van der Waals surface area (Å²) in [6.45, 7) is 2.44. The van der Waals surface area contributed by atoms with E-state index in [4.69, 9.17) is 23.9 Å². The number of hydrogen-bond acceptors (Lipinski definition) is 8. The SMILES string of the molecule is COc1ccc(Nc2ncc3c(n2)CCN(Cc2cccc(OC)c2OC)C3)c(OC)c1. The quantitative estimate of drug-likeness (QED) is 0.571. The number of nitrogens with one attached hydrogen (secondary N) is 1. The summed E-state index contributed by atoms with van der Waals surface area (Å²) in [5, 5.41) is 3.26. The number of methoxy groups -OCH3 is 4. The lowest BCUT2D eigenvalue weighted by atomic mass is 10.1. The Kier molecular flexibility index (Phi) is 6.61. The van der Waals surface area contributed by atoms with E-state index in [2.05, 4.69) is 21.3 Å². The first kappa shape index (κ1) is 21.7. The third-order valence-electron chi connectivity index (χ3n) is 5.55. The molecule has 0 saturated carbocycles. The van der Waals surface area contributed by atoms with Gasteiger partial charge >= 0.3 is 0 Å². The molecule has 0 atom stereocenters. The van der Waals surface area contributed by atoms with Crippen LogP contribution in [0, 0.1) is 0 Å². The van der Waals surface area contributed by atoms with Gasteiger partial charge in [0.15, 0.2) is 11.5 Å². The zero-order valence-corrected chi connectivity index (χ0v) is 18.8. The lowest BCUT2D eigenvalue weighted by Gasteiger charge is -2.28. The van der Waals surface area contributed by atoms with Crippen LogP contribution >= 0.6 is 0 Å². The predicted molar refractivity (Wildman–Crippen MR) is 122 cm³/mol. The smallest absolute Gasteiger partial charge is 0.227 e. The van der Waals surface area contributed by atoms with E-state index in [1.807, 2.05) is 36.5 Å². The highest BCUT2D eigenvalue weighted by Gasteiger charge is 2.21. The lowest BCUT2D eigenvalue weighted by molar-refractivity contribution is 0.238. The van der Waals surface area contributed by atoms with E-state index >= 15 is 0 Å². The molecule has 1 aliphatic rings. The van der Waals surface area contributed by atoms with Gasteiger partial charge in [-0.3, -0.25) is 4.90 Å². The van der Waals surface area contributed by atoms with Crippen molar-refractivity contribution < 1.29 is 18.9 Å². The van der Waals surface area contributed by atoms with E-state index in [9.17, 15) is 0 Å². The Balaban J connectivity index is 1.48. The normalized spacial score (nSPS) is 13.2. The Hall–Kier alpha value is -3.52. The second kappa shape index (κ2) is 9.74. The highest BCUT2D eigenvalue weighted by Crippen LogP contribution is 2.33. The molecule has 8 nitrogen and oxygen atoms in total. The highest BCUT2D eigenvalue weighted by molar-refractivity contribution is 5.64. The summed E-state index contributed by atoms with van der Waals surface area (Å²) in [4.78, 5) is 11.6. The fourth-order valence-corrected chi connectivity index (χ4v) is 3.91. The van der Waals surface area contributed by atoms with Crippen LogP contribution < -0.4 is 24.3 Å². The second-order valence-electron chi connectivity index (χ2n) is 7.47. The van der Waals surface area contributed by atoms with Crippen LogP contribution in [-0.4, -0.2) is 49.9 Å². The van der Waals surface area contributed by atoms with Gasteiger partial charge in [0, 0.05) is 49.4 Å². The summed E-state index contributed by atoms with van der Waals surface area (Å²) >= 11 is 0. The average molecular weight is 437 g/mol. The molecule has 1 N–H and O–H groups in total. The van der Waals surface area contributed by atoms with Gasteiger partial charge in [0.05, 0.1) is 39.8 Å². The molecule has 0 saturated heterocycles. The monoisotopic (exact) mass is 436 g/mol. The Morgan fingerprint density at radius 3 is 2.56 bits per heavy atom. The van der Waals surface area contributed by atoms with E-state index in [0.717, 1.165) is 65.8 Å². The van der Waals surface area contributed by atoms with Crippen LogP contribution in [0.3, 0.4) is 0 Å². The molecule has 4 rings (SSSR count). The highest BCUT2D eigenvalue weighted by atomic mass is 16.5. The maximum atomic E-state index is 5.58. The van der Waals surface area contributed by atoms with Gasteiger partial charge in [-0.15, -0.1) is 0 Å². The van der Waals surface area contributed by atoms with Crippen molar-refractivity contribution in [2.45, 2.75) is 19.5 Å². The molecule has 8 heteroatoms.